The van der Waals surface area contributed by atoms with Gasteiger partial charge in [0, 0.05) is 38.1 Å². The molecule has 1 saturated heterocycles. The van der Waals surface area contributed by atoms with Gasteiger partial charge in [0.25, 0.3) is 0 Å². The molecule has 130 valence electrons. The average molecular weight is 360 g/mol. The zero-order valence-electron chi connectivity index (χ0n) is 14.0. The van der Waals surface area contributed by atoms with Crippen LogP contribution in [-0.2, 0) is 16.7 Å². The summed E-state index contributed by atoms with van der Waals surface area (Å²) in [5.41, 5.74) is 0. The van der Waals surface area contributed by atoms with Crippen molar-refractivity contribution < 1.29 is 8.42 Å². The Morgan fingerprint density at radius 2 is 1.83 bits per heavy atom. The molecule has 23 heavy (non-hydrogen) atoms. The molecule has 1 aromatic heterocycles. The van der Waals surface area contributed by atoms with E-state index in [1.807, 2.05) is 4.68 Å². The molecule has 1 aromatic rings. The van der Waals surface area contributed by atoms with Gasteiger partial charge in [-0.2, -0.15) is 9.40 Å². The minimum absolute atomic E-state index is 0.348. The monoisotopic (exact) mass is 359 g/mol. The second kappa shape index (κ2) is 6.27. The fourth-order valence-corrected chi connectivity index (χ4v) is 4.16. The predicted molar refractivity (Wildman–Crippen MR) is 91.4 cm³/mol. The molecule has 1 aliphatic carbocycles. The number of hydrogen-bond donors (Lipinski definition) is 0. The van der Waals surface area contributed by atoms with Crippen molar-refractivity contribution in [3.63, 3.8) is 0 Å². The van der Waals surface area contributed by atoms with Crippen LogP contribution < -0.4 is 0 Å². The lowest BCUT2D eigenvalue weighted by atomic mass is 10.2. The van der Waals surface area contributed by atoms with Crippen LogP contribution in [0.5, 0.6) is 0 Å². The van der Waals surface area contributed by atoms with Gasteiger partial charge in [-0.3, -0.25) is 4.90 Å². The van der Waals surface area contributed by atoms with Crippen molar-refractivity contribution in [3.8, 4) is 0 Å². The molecule has 0 radical (unpaired) electrons. The van der Waals surface area contributed by atoms with Gasteiger partial charge in [0.1, 0.15) is 5.82 Å². The zero-order valence-corrected chi connectivity index (χ0v) is 15.6. The SMILES string of the molecule is CC(C)c1nn(CN2CCN(S(C)(=O)=O)CC2)c(=S)n1C1CC1. The van der Waals surface area contributed by atoms with Crippen molar-refractivity contribution in [2.24, 2.45) is 0 Å². The lowest BCUT2D eigenvalue weighted by Gasteiger charge is -2.32. The number of piperazine rings is 1. The van der Waals surface area contributed by atoms with Crippen molar-refractivity contribution >= 4 is 22.2 Å². The summed E-state index contributed by atoms with van der Waals surface area (Å²) < 4.78 is 29.6. The van der Waals surface area contributed by atoms with Gasteiger partial charge in [-0.25, -0.2) is 13.1 Å². The van der Waals surface area contributed by atoms with E-state index in [2.05, 4.69) is 23.3 Å². The molecule has 0 bridgehead atoms. The van der Waals surface area contributed by atoms with Gasteiger partial charge in [-0.15, -0.1) is 0 Å². The van der Waals surface area contributed by atoms with E-state index >= 15 is 0 Å². The van der Waals surface area contributed by atoms with E-state index in [-0.39, 0.29) is 0 Å². The largest absolute Gasteiger partial charge is 0.301 e. The molecule has 0 atom stereocenters. The molecule has 9 heteroatoms. The Bertz CT molecular complexity index is 725. The first-order valence-electron chi connectivity index (χ1n) is 8.14. The first-order valence-corrected chi connectivity index (χ1v) is 10.4. The Morgan fingerprint density at radius 3 is 2.30 bits per heavy atom. The van der Waals surface area contributed by atoms with Crippen LogP contribution in [0, 0.1) is 4.77 Å². The maximum atomic E-state index is 11.6. The molecule has 1 aliphatic heterocycles. The van der Waals surface area contributed by atoms with E-state index in [4.69, 9.17) is 17.3 Å². The van der Waals surface area contributed by atoms with E-state index < -0.39 is 10.0 Å². The van der Waals surface area contributed by atoms with Crippen molar-refractivity contribution in [3.05, 3.63) is 10.6 Å². The fourth-order valence-electron chi connectivity index (χ4n) is 2.99. The van der Waals surface area contributed by atoms with Crippen molar-refractivity contribution in [1.82, 2.24) is 23.6 Å². The maximum absolute atomic E-state index is 11.6. The van der Waals surface area contributed by atoms with Crippen LogP contribution >= 0.6 is 12.2 Å². The van der Waals surface area contributed by atoms with E-state index in [9.17, 15) is 8.42 Å². The van der Waals surface area contributed by atoms with Crippen molar-refractivity contribution in [2.45, 2.75) is 45.3 Å². The molecule has 2 aliphatic rings. The standard InChI is InChI=1S/C14H25N5O2S2/c1-11(2)13-15-18(14(22)19(13)12-4-5-12)10-16-6-8-17(9-7-16)23(3,20)21/h11-12H,4-10H2,1-3H3. The second-order valence-electron chi connectivity index (χ2n) is 6.82. The summed E-state index contributed by atoms with van der Waals surface area (Å²) in [7, 11) is -3.09. The van der Waals surface area contributed by atoms with Gasteiger partial charge < -0.3 is 4.57 Å². The molecule has 0 unspecified atom stereocenters. The van der Waals surface area contributed by atoms with Gasteiger partial charge in [0.15, 0.2) is 4.77 Å². The summed E-state index contributed by atoms with van der Waals surface area (Å²) >= 11 is 5.63. The Morgan fingerprint density at radius 1 is 1.22 bits per heavy atom. The normalized spacial score (nSPS) is 21.2. The lowest BCUT2D eigenvalue weighted by molar-refractivity contribution is 0.144. The molecule has 0 aromatic carbocycles. The van der Waals surface area contributed by atoms with Crippen LogP contribution in [0.2, 0.25) is 0 Å². The van der Waals surface area contributed by atoms with Crippen LogP contribution in [0.15, 0.2) is 0 Å². The first-order chi connectivity index (χ1) is 10.8. The van der Waals surface area contributed by atoms with E-state index in [1.165, 1.54) is 23.4 Å². The molecule has 2 heterocycles. The van der Waals surface area contributed by atoms with Crippen LogP contribution in [0.1, 0.15) is 44.5 Å². The molecule has 2 fully saturated rings. The average Bonchev–Trinajstić information content (AvgIpc) is 3.24. The van der Waals surface area contributed by atoms with Gasteiger partial charge in [-0.05, 0) is 25.1 Å². The lowest BCUT2D eigenvalue weighted by Crippen LogP contribution is -2.48. The minimum Gasteiger partial charge on any atom is -0.301 e. The number of hydrogen-bond acceptors (Lipinski definition) is 5. The fraction of sp³-hybridized carbons (Fsp3) is 0.857. The van der Waals surface area contributed by atoms with E-state index in [1.54, 1.807) is 0 Å². The third-order valence-corrected chi connectivity index (χ3v) is 6.17. The molecular formula is C14H25N5O2S2. The number of sulfonamides is 1. The summed E-state index contributed by atoms with van der Waals surface area (Å²) in [6.45, 7) is 7.41. The molecular weight excluding hydrogens is 334 g/mol. The van der Waals surface area contributed by atoms with Gasteiger partial charge in [0.05, 0.1) is 12.9 Å². The number of rotatable bonds is 5. The molecule has 1 saturated carbocycles. The van der Waals surface area contributed by atoms with Gasteiger partial charge >= 0.3 is 0 Å². The summed E-state index contributed by atoms with van der Waals surface area (Å²) in [5, 5.41) is 4.73. The Balaban J connectivity index is 1.72. The van der Waals surface area contributed by atoms with Gasteiger partial charge in [0.2, 0.25) is 10.0 Å². The van der Waals surface area contributed by atoms with Crippen molar-refractivity contribution in [2.75, 3.05) is 32.4 Å². The quantitative estimate of drug-likeness (QED) is 0.744. The van der Waals surface area contributed by atoms with E-state index in [0.717, 1.165) is 10.6 Å². The highest BCUT2D eigenvalue weighted by molar-refractivity contribution is 7.88. The second-order valence-corrected chi connectivity index (χ2v) is 9.17. The maximum Gasteiger partial charge on any atom is 0.211 e. The molecule has 0 spiro atoms. The third kappa shape index (κ3) is 3.67. The third-order valence-electron chi connectivity index (χ3n) is 4.46. The number of nitrogens with zero attached hydrogens (tertiary/aromatic N) is 5. The summed E-state index contributed by atoms with van der Waals surface area (Å²) in [6.07, 6.45) is 3.64. The molecule has 3 rings (SSSR count). The van der Waals surface area contributed by atoms with Crippen LogP contribution in [0.3, 0.4) is 0 Å². The highest BCUT2D eigenvalue weighted by atomic mass is 32.2. The molecule has 7 nitrogen and oxygen atoms in total. The van der Waals surface area contributed by atoms with Crippen molar-refractivity contribution in [1.29, 1.82) is 0 Å². The molecule has 0 amide bonds. The van der Waals surface area contributed by atoms with Crippen LogP contribution in [0.4, 0.5) is 0 Å². The summed E-state index contributed by atoms with van der Waals surface area (Å²) in [6, 6.07) is 0.524. The highest BCUT2D eigenvalue weighted by Gasteiger charge is 2.30. The summed E-state index contributed by atoms with van der Waals surface area (Å²) in [5.74, 6) is 1.41. The van der Waals surface area contributed by atoms with Crippen LogP contribution in [-0.4, -0.2) is 64.4 Å². The zero-order chi connectivity index (χ0) is 16.8. The summed E-state index contributed by atoms with van der Waals surface area (Å²) in [4.78, 5) is 2.21. The Kier molecular flexibility index (Phi) is 4.65. The smallest absolute Gasteiger partial charge is 0.211 e. The molecule has 0 N–H and O–H groups in total. The van der Waals surface area contributed by atoms with E-state index in [0.29, 0.717) is 44.8 Å². The van der Waals surface area contributed by atoms with Crippen LogP contribution in [0.25, 0.3) is 0 Å². The first kappa shape index (κ1) is 17.1. The topological polar surface area (TPSA) is 63.4 Å². The Hall–Kier alpha value is -0.770. The minimum atomic E-state index is -3.09. The highest BCUT2D eigenvalue weighted by Crippen LogP contribution is 2.37. The predicted octanol–water partition coefficient (Wildman–Crippen LogP) is 1.41. The Labute approximate surface area is 142 Å². The number of aromatic nitrogens is 3. The van der Waals surface area contributed by atoms with Gasteiger partial charge in [-0.1, -0.05) is 13.8 Å².